The van der Waals surface area contributed by atoms with Crippen molar-refractivity contribution in [1.82, 2.24) is 0 Å². The molecule has 1 nitrogen and oxygen atoms in total. The van der Waals surface area contributed by atoms with Gasteiger partial charge in [-0.3, -0.25) is 0 Å². The summed E-state index contributed by atoms with van der Waals surface area (Å²) in [6.07, 6.45) is 10.8. The van der Waals surface area contributed by atoms with Gasteiger partial charge >= 0.3 is 0 Å². The van der Waals surface area contributed by atoms with E-state index in [2.05, 4.69) is 51.2 Å². The summed E-state index contributed by atoms with van der Waals surface area (Å²) in [5.41, 5.74) is 1.46. The molecule has 1 aliphatic heterocycles. The number of hydrogen-bond donors (Lipinski definition) is 1. The van der Waals surface area contributed by atoms with E-state index < -0.39 is 0 Å². The highest BCUT2D eigenvalue weighted by Gasteiger charge is 2.75. The summed E-state index contributed by atoms with van der Waals surface area (Å²) < 4.78 is 0.299. The maximum absolute atomic E-state index is 11.4. The Bertz CT molecular complexity index is 583. The van der Waals surface area contributed by atoms with Crippen molar-refractivity contribution in [1.29, 1.82) is 0 Å². The molecule has 0 amide bonds. The van der Waals surface area contributed by atoms with E-state index in [9.17, 15) is 5.11 Å². The first-order valence-electron chi connectivity index (χ1n) is 10.7. The van der Waals surface area contributed by atoms with Crippen LogP contribution in [0.25, 0.3) is 0 Å². The van der Waals surface area contributed by atoms with Crippen LogP contribution >= 0.6 is 23.5 Å². The molecular formula is C22H36OS2. The molecule has 142 valence electrons. The predicted octanol–water partition coefficient (Wildman–Crippen LogP) is 5.96. The Morgan fingerprint density at radius 1 is 0.880 bits per heavy atom. The molecule has 25 heavy (non-hydrogen) atoms. The van der Waals surface area contributed by atoms with Gasteiger partial charge in [-0.15, -0.1) is 23.5 Å². The van der Waals surface area contributed by atoms with Gasteiger partial charge in [-0.25, -0.2) is 0 Å². The highest BCUT2D eigenvalue weighted by molar-refractivity contribution is 8.21. The Kier molecular flexibility index (Phi) is 3.67. The Labute approximate surface area is 162 Å². The molecule has 1 saturated heterocycles. The third kappa shape index (κ3) is 1.95. The molecule has 6 aliphatic rings. The third-order valence-corrected chi connectivity index (χ3v) is 14.0. The minimum atomic E-state index is -0.0868. The van der Waals surface area contributed by atoms with Gasteiger partial charge in [0.25, 0.3) is 0 Å². The second kappa shape index (κ2) is 5.17. The first-order chi connectivity index (χ1) is 11.7. The molecule has 0 unspecified atom stereocenters. The Balaban J connectivity index is 1.65. The molecule has 3 heteroatoms. The normalized spacial score (nSPS) is 55.8. The molecule has 0 aromatic rings. The van der Waals surface area contributed by atoms with Crippen LogP contribution in [0.2, 0.25) is 0 Å². The van der Waals surface area contributed by atoms with Crippen molar-refractivity contribution in [3.05, 3.63) is 0 Å². The summed E-state index contributed by atoms with van der Waals surface area (Å²) in [5, 5.41) is 11.4. The van der Waals surface area contributed by atoms with E-state index in [-0.39, 0.29) is 11.5 Å². The highest BCUT2D eigenvalue weighted by Crippen LogP contribution is 2.81. The van der Waals surface area contributed by atoms with Crippen LogP contribution in [-0.2, 0) is 0 Å². The summed E-state index contributed by atoms with van der Waals surface area (Å²) in [7, 11) is 0. The fourth-order valence-corrected chi connectivity index (χ4v) is 12.8. The van der Waals surface area contributed by atoms with E-state index in [0.717, 1.165) is 18.3 Å². The fourth-order valence-electron chi connectivity index (χ4n) is 8.78. The number of aliphatic hydroxyl groups is 1. The first kappa shape index (κ1) is 17.7. The van der Waals surface area contributed by atoms with Gasteiger partial charge in [-0.2, -0.15) is 0 Å². The van der Waals surface area contributed by atoms with Crippen molar-refractivity contribution in [2.75, 3.05) is 11.5 Å². The first-order valence-corrected chi connectivity index (χ1v) is 12.6. The highest BCUT2D eigenvalue weighted by atomic mass is 32.2. The zero-order valence-corrected chi connectivity index (χ0v) is 18.2. The van der Waals surface area contributed by atoms with Crippen LogP contribution in [0, 0.1) is 33.5 Å². The second-order valence-corrected chi connectivity index (χ2v) is 14.3. The molecule has 1 heterocycles. The van der Waals surface area contributed by atoms with Gasteiger partial charge in [0.1, 0.15) is 0 Å². The maximum atomic E-state index is 11.4. The molecule has 2 bridgehead atoms. The average Bonchev–Trinajstić information content (AvgIpc) is 2.98. The topological polar surface area (TPSA) is 20.2 Å². The van der Waals surface area contributed by atoms with Gasteiger partial charge < -0.3 is 5.11 Å². The number of rotatable bonds is 0. The molecule has 6 rings (SSSR count). The van der Waals surface area contributed by atoms with Crippen molar-refractivity contribution in [2.24, 2.45) is 33.5 Å². The van der Waals surface area contributed by atoms with E-state index in [1.165, 1.54) is 56.5 Å². The van der Waals surface area contributed by atoms with Crippen molar-refractivity contribution in [2.45, 2.75) is 89.2 Å². The maximum Gasteiger partial charge on any atom is 0.0695 e. The molecular weight excluding hydrogens is 344 g/mol. The molecule has 1 N–H and O–H groups in total. The van der Waals surface area contributed by atoms with E-state index in [0.29, 0.717) is 20.3 Å². The smallest absolute Gasteiger partial charge is 0.0695 e. The summed E-state index contributed by atoms with van der Waals surface area (Å²) in [4.78, 5) is 0. The van der Waals surface area contributed by atoms with E-state index in [1.54, 1.807) is 0 Å². The molecule has 0 aromatic heterocycles. The largest absolute Gasteiger partial charge is 0.392 e. The SMILES string of the molecule is CC1(C)CCC[C@@]2(C)[C@H]1CC[C@H]1C[C@@]3(C)[C@@H](O)C[C@]12CC31SCCS1. The number of aliphatic hydroxyl groups excluding tert-OH is 1. The minimum absolute atomic E-state index is 0.0868. The lowest BCUT2D eigenvalue weighted by atomic mass is 9.33. The van der Waals surface area contributed by atoms with Gasteiger partial charge in [-0.1, -0.05) is 34.1 Å². The lowest BCUT2D eigenvalue weighted by Crippen LogP contribution is -2.71. The van der Waals surface area contributed by atoms with Crippen LogP contribution < -0.4 is 0 Å². The number of fused-ring (bicyclic) bond motifs is 2. The van der Waals surface area contributed by atoms with E-state index in [1.807, 2.05) is 0 Å². The number of thioether (sulfide) groups is 2. The van der Waals surface area contributed by atoms with E-state index in [4.69, 9.17) is 0 Å². The molecule has 5 saturated carbocycles. The minimum Gasteiger partial charge on any atom is -0.392 e. The van der Waals surface area contributed by atoms with Crippen molar-refractivity contribution in [3.8, 4) is 0 Å². The Morgan fingerprint density at radius 2 is 1.60 bits per heavy atom. The fraction of sp³-hybridized carbons (Fsp3) is 1.00. The van der Waals surface area contributed by atoms with Gasteiger partial charge in [0.05, 0.1) is 10.2 Å². The standard InChI is InChI=1S/C22H36OS2/c1-18(2)8-5-9-19(3)16(18)7-6-15-12-20(4)17(23)13-21(15,19)14-22(20)24-10-11-25-22/h15-17,23H,5-14H2,1-4H3/t15-,16-,17-,19-,20-,21-/m0/s1. The zero-order valence-electron chi connectivity index (χ0n) is 16.6. The van der Waals surface area contributed by atoms with Crippen molar-refractivity contribution < 1.29 is 5.11 Å². The van der Waals surface area contributed by atoms with E-state index >= 15 is 0 Å². The summed E-state index contributed by atoms with van der Waals surface area (Å²) >= 11 is 4.45. The van der Waals surface area contributed by atoms with Gasteiger partial charge in [-0.05, 0) is 73.0 Å². The van der Waals surface area contributed by atoms with Crippen LogP contribution in [0.4, 0.5) is 0 Å². The van der Waals surface area contributed by atoms with Crippen LogP contribution in [0.1, 0.15) is 79.1 Å². The summed E-state index contributed by atoms with van der Waals surface area (Å²) in [6, 6.07) is 0. The van der Waals surface area contributed by atoms with Gasteiger partial charge in [0.15, 0.2) is 0 Å². The second-order valence-electron chi connectivity index (χ2n) is 11.2. The van der Waals surface area contributed by atoms with Crippen LogP contribution in [0.15, 0.2) is 0 Å². The third-order valence-electron chi connectivity index (χ3n) is 10.1. The average molecular weight is 381 g/mol. The number of hydrogen-bond acceptors (Lipinski definition) is 3. The van der Waals surface area contributed by atoms with Crippen LogP contribution in [-0.4, -0.2) is 26.8 Å². The molecule has 6 fully saturated rings. The summed E-state index contributed by atoms with van der Waals surface area (Å²) in [5.74, 6) is 4.30. The molecule has 5 aliphatic carbocycles. The van der Waals surface area contributed by atoms with Crippen molar-refractivity contribution in [3.63, 3.8) is 0 Å². The van der Waals surface area contributed by atoms with Crippen LogP contribution in [0.5, 0.6) is 0 Å². The lowest BCUT2D eigenvalue weighted by Gasteiger charge is -2.75. The Morgan fingerprint density at radius 3 is 2.32 bits per heavy atom. The van der Waals surface area contributed by atoms with Gasteiger partial charge in [0, 0.05) is 16.9 Å². The quantitative estimate of drug-likeness (QED) is 0.560. The molecule has 6 atom stereocenters. The van der Waals surface area contributed by atoms with Crippen LogP contribution in [0.3, 0.4) is 0 Å². The zero-order chi connectivity index (χ0) is 17.7. The Hall–Kier alpha value is 0.660. The molecule has 0 radical (unpaired) electrons. The summed E-state index contributed by atoms with van der Waals surface area (Å²) in [6.45, 7) is 10.2. The predicted molar refractivity (Wildman–Crippen MR) is 110 cm³/mol. The van der Waals surface area contributed by atoms with Crippen molar-refractivity contribution >= 4 is 23.5 Å². The monoisotopic (exact) mass is 380 g/mol. The van der Waals surface area contributed by atoms with Gasteiger partial charge in [0.2, 0.25) is 0 Å². The lowest BCUT2D eigenvalue weighted by molar-refractivity contribution is -0.250. The molecule has 2 spiro atoms. The molecule has 0 aromatic carbocycles.